The van der Waals surface area contributed by atoms with Crippen LogP contribution in [0.5, 0.6) is 0 Å². The van der Waals surface area contributed by atoms with Gasteiger partial charge in [0.2, 0.25) is 0 Å². The number of carbonyl (C=O) groups excluding carboxylic acids is 2. The van der Waals surface area contributed by atoms with Crippen LogP contribution in [0.25, 0.3) is 0 Å². The van der Waals surface area contributed by atoms with E-state index in [0.717, 1.165) is 24.9 Å². The van der Waals surface area contributed by atoms with Gasteiger partial charge in [0.1, 0.15) is 5.82 Å². The quantitative estimate of drug-likeness (QED) is 0.800. The topological polar surface area (TPSA) is 75.4 Å². The molecule has 5 nitrogen and oxygen atoms in total. The minimum Gasteiger partial charge on any atom is -0.338 e. The molecule has 1 aliphatic heterocycles. The second-order valence-corrected chi connectivity index (χ2v) is 7.84. The predicted octanol–water partition coefficient (Wildman–Crippen LogP) is 3.62. The molecule has 29 heavy (non-hydrogen) atoms. The van der Waals surface area contributed by atoms with Gasteiger partial charge in [0.25, 0.3) is 11.8 Å². The molecule has 7 heteroatoms. The largest absolute Gasteiger partial charge is 0.338 e. The fraction of sp³-hybridized carbons (Fsp3) is 0.364. The number of nitrogens with two attached hydrogens (primary N) is 1. The molecule has 0 spiro atoms. The Morgan fingerprint density at radius 1 is 1.14 bits per heavy atom. The number of fused-ring (bicyclic) bond motifs is 1. The molecule has 3 atom stereocenters. The zero-order valence-electron chi connectivity index (χ0n) is 16.2. The van der Waals surface area contributed by atoms with Crippen molar-refractivity contribution in [3.05, 3.63) is 65.0 Å². The van der Waals surface area contributed by atoms with E-state index in [2.05, 4.69) is 5.32 Å². The summed E-state index contributed by atoms with van der Waals surface area (Å²) in [5, 5.41) is 2.73. The summed E-state index contributed by atoms with van der Waals surface area (Å²) < 4.78 is 13.9. The van der Waals surface area contributed by atoms with Gasteiger partial charge in [-0.25, -0.2) is 4.39 Å². The number of anilines is 1. The Labute approximate surface area is 175 Å². The van der Waals surface area contributed by atoms with Crippen LogP contribution in [0, 0.1) is 24.6 Å². The van der Waals surface area contributed by atoms with Gasteiger partial charge in [0.15, 0.2) is 0 Å². The number of halogens is 2. The van der Waals surface area contributed by atoms with Crippen LogP contribution >= 0.6 is 12.4 Å². The Balaban J connectivity index is 0.00000240. The normalized spacial score (nSPS) is 22.7. The Bertz CT molecular complexity index is 936. The summed E-state index contributed by atoms with van der Waals surface area (Å²) in [7, 11) is 0. The lowest BCUT2D eigenvalue weighted by Gasteiger charge is -2.19. The van der Waals surface area contributed by atoms with Gasteiger partial charge >= 0.3 is 0 Å². The highest BCUT2D eigenvalue weighted by atomic mass is 35.5. The van der Waals surface area contributed by atoms with Gasteiger partial charge in [0, 0.05) is 30.4 Å². The summed E-state index contributed by atoms with van der Waals surface area (Å²) in [5.74, 6) is -0.292. The summed E-state index contributed by atoms with van der Waals surface area (Å²) in [6, 6.07) is 11.2. The lowest BCUT2D eigenvalue weighted by molar-refractivity contribution is 0.0779. The van der Waals surface area contributed by atoms with Crippen molar-refractivity contribution in [1.82, 2.24) is 4.90 Å². The Morgan fingerprint density at radius 3 is 2.62 bits per heavy atom. The second-order valence-electron chi connectivity index (χ2n) is 7.84. The van der Waals surface area contributed by atoms with Crippen molar-refractivity contribution < 1.29 is 14.0 Å². The van der Waals surface area contributed by atoms with E-state index in [4.69, 9.17) is 5.73 Å². The maximum atomic E-state index is 13.9. The number of likely N-dealkylation sites (tertiary alicyclic amines) is 1. The molecule has 3 unspecified atom stereocenters. The number of carbonyl (C=O) groups is 2. The molecule has 4 rings (SSSR count). The van der Waals surface area contributed by atoms with E-state index in [-0.39, 0.29) is 29.9 Å². The molecule has 1 aliphatic carbocycles. The predicted molar refractivity (Wildman–Crippen MR) is 113 cm³/mol. The number of aryl methyl sites for hydroxylation is 1. The zero-order valence-corrected chi connectivity index (χ0v) is 17.0. The van der Waals surface area contributed by atoms with E-state index in [1.807, 2.05) is 11.8 Å². The van der Waals surface area contributed by atoms with Crippen LogP contribution in [0.4, 0.5) is 10.1 Å². The molecule has 1 saturated carbocycles. The molecule has 0 aromatic heterocycles. The third-order valence-electron chi connectivity index (χ3n) is 6.05. The molecule has 2 amide bonds. The van der Waals surface area contributed by atoms with E-state index in [0.29, 0.717) is 29.6 Å². The van der Waals surface area contributed by atoms with Gasteiger partial charge < -0.3 is 16.0 Å². The highest BCUT2D eigenvalue weighted by Gasteiger charge is 2.42. The molecule has 2 aromatic carbocycles. The third-order valence-corrected chi connectivity index (χ3v) is 6.05. The standard InChI is InChI=1S/C22H24FN3O2.ClH/c1-13-6-7-14(22(28)26-11-15-8-9-19(24)17(15)12-26)10-20(13)25-21(27)16-4-2-3-5-18(16)23;/h2-7,10,15,17,19H,8-9,11-12,24H2,1H3,(H,25,27);1H. The summed E-state index contributed by atoms with van der Waals surface area (Å²) in [4.78, 5) is 27.3. The number of nitrogens with zero attached hydrogens (tertiary/aromatic N) is 1. The molecule has 0 bridgehead atoms. The lowest BCUT2D eigenvalue weighted by atomic mass is 9.98. The molecule has 2 aromatic rings. The van der Waals surface area contributed by atoms with Crippen molar-refractivity contribution in [3.63, 3.8) is 0 Å². The van der Waals surface area contributed by atoms with Crippen LogP contribution in [-0.4, -0.2) is 35.8 Å². The molecule has 1 saturated heterocycles. The van der Waals surface area contributed by atoms with E-state index in [1.54, 1.807) is 24.3 Å². The second kappa shape index (κ2) is 8.51. The summed E-state index contributed by atoms with van der Waals surface area (Å²) in [6.07, 6.45) is 2.11. The number of hydrogen-bond donors (Lipinski definition) is 2. The van der Waals surface area contributed by atoms with Crippen molar-refractivity contribution in [1.29, 1.82) is 0 Å². The van der Waals surface area contributed by atoms with Gasteiger partial charge in [-0.05, 0) is 61.4 Å². The fourth-order valence-corrected chi connectivity index (χ4v) is 4.38. The monoisotopic (exact) mass is 417 g/mol. The van der Waals surface area contributed by atoms with Gasteiger partial charge in [0.05, 0.1) is 5.56 Å². The number of hydrogen-bond acceptors (Lipinski definition) is 3. The maximum Gasteiger partial charge on any atom is 0.258 e. The first-order valence-electron chi connectivity index (χ1n) is 9.65. The Morgan fingerprint density at radius 2 is 1.90 bits per heavy atom. The van der Waals surface area contributed by atoms with Crippen LogP contribution in [0.1, 0.15) is 39.1 Å². The summed E-state index contributed by atoms with van der Waals surface area (Å²) in [5.41, 5.74) is 7.98. The highest BCUT2D eigenvalue weighted by molar-refractivity contribution is 6.05. The fourth-order valence-electron chi connectivity index (χ4n) is 4.38. The van der Waals surface area contributed by atoms with Crippen molar-refractivity contribution in [2.45, 2.75) is 25.8 Å². The number of nitrogens with one attached hydrogen (secondary N) is 1. The number of amides is 2. The van der Waals surface area contributed by atoms with Crippen LogP contribution in [0.15, 0.2) is 42.5 Å². The third kappa shape index (κ3) is 4.14. The first kappa shape index (κ1) is 21.3. The van der Waals surface area contributed by atoms with E-state index >= 15 is 0 Å². The molecular formula is C22H25ClFN3O2. The molecule has 154 valence electrons. The molecule has 3 N–H and O–H groups in total. The number of rotatable bonds is 3. The maximum absolute atomic E-state index is 13.9. The Hall–Kier alpha value is -2.44. The SMILES string of the molecule is Cc1ccc(C(=O)N2CC3CCC(N)C3C2)cc1NC(=O)c1ccccc1F.Cl. The van der Waals surface area contributed by atoms with Gasteiger partial charge in [-0.1, -0.05) is 18.2 Å². The highest BCUT2D eigenvalue weighted by Crippen LogP contribution is 2.37. The first-order valence-corrected chi connectivity index (χ1v) is 9.65. The molecular weight excluding hydrogens is 393 g/mol. The van der Waals surface area contributed by atoms with E-state index < -0.39 is 11.7 Å². The molecule has 2 aliphatic rings. The average Bonchev–Trinajstić information content (AvgIpc) is 3.25. The van der Waals surface area contributed by atoms with Gasteiger partial charge in [-0.3, -0.25) is 9.59 Å². The van der Waals surface area contributed by atoms with E-state index in [9.17, 15) is 14.0 Å². The van der Waals surface area contributed by atoms with Gasteiger partial charge in [-0.2, -0.15) is 0 Å². The smallest absolute Gasteiger partial charge is 0.258 e. The van der Waals surface area contributed by atoms with Crippen LogP contribution in [0.2, 0.25) is 0 Å². The molecule has 1 heterocycles. The van der Waals surface area contributed by atoms with Crippen molar-refractivity contribution in [3.8, 4) is 0 Å². The minimum absolute atomic E-state index is 0. The summed E-state index contributed by atoms with van der Waals surface area (Å²) in [6.45, 7) is 3.27. The summed E-state index contributed by atoms with van der Waals surface area (Å²) >= 11 is 0. The average molecular weight is 418 g/mol. The van der Waals surface area contributed by atoms with Crippen molar-refractivity contribution in [2.24, 2.45) is 17.6 Å². The minimum atomic E-state index is -0.579. The zero-order chi connectivity index (χ0) is 19.8. The first-order chi connectivity index (χ1) is 13.4. The van der Waals surface area contributed by atoms with Gasteiger partial charge in [-0.15, -0.1) is 12.4 Å². The van der Waals surface area contributed by atoms with Crippen LogP contribution < -0.4 is 11.1 Å². The lowest BCUT2D eigenvalue weighted by Crippen LogP contribution is -2.33. The number of benzene rings is 2. The van der Waals surface area contributed by atoms with Crippen molar-refractivity contribution >= 4 is 29.9 Å². The van der Waals surface area contributed by atoms with Crippen LogP contribution in [-0.2, 0) is 0 Å². The molecule has 2 fully saturated rings. The van der Waals surface area contributed by atoms with E-state index in [1.165, 1.54) is 18.2 Å². The van der Waals surface area contributed by atoms with Crippen molar-refractivity contribution in [2.75, 3.05) is 18.4 Å². The molecule has 0 radical (unpaired) electrons. The Kier molecular flexibility index (Phi) is 6.24. The van der Waals surface area contributed by atoms with Crippen LogP contribution in [0.3, 0.4) is 0 Å².